The Balaban J connectivity index is 2.60. The molecule has 0 aliphatic heterocycles. The van der Waals surface area contributed by atoms with Crippen LogP contribution in [-0.2, 0) is 0 Å². The lowest BCUT2D eigenvalue weighted by atomic mass is 9.79. The minimum Gasteiger partial charge on any atom is -0.494 e. The Morgan fingerprint density at radius 3 is 2.55 bits per heavy atom. The van der Waals surface area contributed by atoms with Gasteiger partial charge in [0.05, 0.1) is 7.11 Å². The van der Waals surface area contributed by atoms with Crippen LogP contribution in [0.5, 0.6) is 5.75 Å². The summed E-state index contributed by atoms with van der Waals surface area (Å²) in [5, 5.41) is 14.5. The lowest BCUT2D eigenvalue weighted by molar-refractivity contribution is 0.165. The number of hydrogen-bond donors (Lipinski definition) is 3. The number of rotatable bonds is 8. The van der Waals surface area contributed by atoms with Crippen LogP contribution >= 0.6 is 0 Å². The molecule has 0 saturated heterocycles. The van der Waals surface area contributed by atoms with Crippen molar-refractivity contribution in [3.8, 4) is 5.75 Å². The van der Waals surface area contributed by atoms with Crippen LogP contribution in [-0.4, -0.2) is 31.4 Å². The highest BCUT2D eigenvalue weighted by molar-refractivity contribution is 5.89. The lowest BCUT2D eigenvalue weighted by Gasteiger charge is -2.31. The Hall–Kier alpha value is -1.82. The molecule has 3 N–H and O–H groups in total. The van der Waals surface area contributed by atoms with E-state index in [9.17, 15) is 9.18 Å². The maximum atomic E-state index is 13.6. The Bertz CT molecular complexity index is 490. The molecule has 0 aliphatic carbocycles. The number of hydrogen-bond acceptors (Lipinski definition) is 3. The second-order valence-electron chi connectivity index (χ2n) is 5.34. The smallest absolute Gasteiger partial charge is 0.319 e. The van der Waals surface area contributed by atoms with E-state index in [1.807, 2.05) is 13.8 Å². The first-order valence-corrected chi connectivity index (χ1v) is 7.49. The first-order valence-electron chi connectivity index (χ1n) is 7.49. The van der Waals surface area contributed by atoms with Gasteiger partial charge in [-0.2, -0.15) is 0 Å². The number of anilines is 1. The van der Waals surface area contributed by atoms with Crippen molar-refractivity contribution in [2.75, 3.05) is 25.6 Å². The molecular weight excluding hydrogens is 287 g/mol. The molecular formula is C16H25FN2O3. The van der Waals surface area contributed by atoms with Crippen LogP contribution in [0.25, 0.3) is 0 Å². The predicted molar refractivity (Wildman–Crippen MR) is 84.7 cm³/mol. The van der Waals surface area contributed by atoms with Gasteiger partial charge in [-0.15, -0.1) is 0 Å². The number of carbonyl (C=O) groups excluding carboxylic acids is 1. The highest BCUT2D eigenvalue weighted by Crippen LogP contribution is 2.29. The molecule has 0 radical (unpaired) electrons. The maximum Gasteiger partial charge on any atom is 0.319 e. The van der Waals surface area contributed by atoms with E-state index in [1.54, 1.807) is 6.07 Å². The normalized spacial score (nSPS) is 11.1. The molecule has 0 spiro atoms. The van der Waals surface area contributed by atoms with E-state index in [0.717, 1.165) is 12.8 Å². The van der Waals surface area contributed by atoms with Crippen LogP contribution in [0.2, 0.25) is 0 Å². The largest absolute Gasteiger partial charge is 0.494 e. The average Bonchev–Trinajstić information content (AvgIpc) is 2.52. The number of ether oxygens (including phenoxy) is 1. The Morgan fingerprint density at radius 1 is 1.36 bits per heavy atom. The monoisotopic (exact) mass is 312 g/mol. The number of halogens is 1. The zero-order valence-corrected chi connectivity index (χ0v) is 13.4. The van der Waals surface area contributed by atoms with Crippen LogP contribution in [0.15, 0.2) is 18.2 Å². The van der Waals surface area contributed by atoms with Gasteiger partial charge in [-0.25, -0.2) is 9.18 Å². The van der Waals surface area contributed by atoms with Crippen LogP contribution in [0.1, 0.15) is 33.1 Å². The van der Waals surface area contributed by atoms with Crippen LogP contribution in [0.3, 0.4) is 0 Å². The van der Waals surface area contributed by atoms with Crippen molar-refractivity contribution in [1.29, 1.82) is 0 Å². The Morgan fingerprint density at radius 2 is 2.05 bits per heavy atom. The summed E-state index contributed by atoms with van der Waals surface area (Å²) in [5.74, 6) is -0.401. The van der Waals surface area contributed by atoms with Gasteiger partial charge >= 0.3 is 6.03 Å². The molecule has 0 heterocycles. The molecule has 0 bridgehead atoms. The first-order chi connectivity index (χ1) is 10.5. The number of aliphatic hydroxyl groups excluding tert-OH is 1. The zero-order chi connectivity index (χ0) is 16.6. The van der Waals surface area contributed by atoms with E-state index in [1.165, 1.54) is 19.2 Å². The van der Waals surface area contributed by atoms with Crippen molar-refractivity contribution in [3.63, 3.8) is 0 Å². The summed E-state index contributed by atoms with van der Waals surface area (Å²) >= 11 is 0. The average molecular weight is 312 g/mol. The van der Waals surface area contributed by atoms with E-state index >= 15 is 0 Å². The quantitative estimate of drug-likeness (QED) is 0.690. The molecule has 0 unspecified atom stereocenters. The van der Waals surface area contributed by atoms with Gasteiger partial charge in [0.15, 0.2) is 11.6 Å². The topological polar surface area (TPSA) is 70.6 Å². The number of methoxy groups -OCH3 is 1. The zero-order valence-electron chi connectivity index (χ0n) is 13.4. The van der Waals surface area contributed by atoms with Gasteiger partial charge in [0.1, 0.15) is 0 Å². The van der Waals surface area contributed by atoms with Gasteiger partial charge in [-0.1, -0.05) is 13.8 Å². The van der Waals surface area contributed by atoms with E-state index in [2.05, 4.69) is 10.6 Å². The summed E-state index contributed by atoms with van der Waals surface area (Å²) in [6, 6.07) is 3.84. The van der Waals surface area contributed by atoms with Crippen LogP contribution < -0.4 is 15.4 Å². The lowest BCUT2D eigenvalue weighted by Crippen LogP contribution is -2.39. The second-order valence-corrected chi connectivity index (χ2v) is 5.34. The maximum absolute atomic E-state index is 13.6. The Kier molecular flexibility index (Phi) is 7.11. The van der Waals surface area contributed by atoms with Gasteiger partial charge < -0.3 is 20.5 Å². The van der Waals surface area contributed by atoms with Crippen molar-refractivity contribution in [2.45, 2.75) is 33.1 Å². The molecule has 0 fully saturated rings. The molecule has 1 aromatic carbocycles. The number of benzene rings is 1. The SMILES string of the molecule is CCC(CC)(CCO)CNC(=O)Nc1ccc(OC)c(F)c1. The highest BCUT2D eigenvalue weighted by Gasteiger charge is 2.26. The third-order valence-electron chi connectivity index (χ3n) is 4.18. The van der Waals surface area contributed by atoms with Crippen molar-refractivity contribution < 1.29 is 19.0 Å². The Labute approximate surface area is 130 Å². The number of urea groups is 1. The van der Waals surface area contributed by atoms with Crippen LogP contribution in [0.4, 0.5) is 14.9 Å². The molecule has 1 aromatic rings. The van der Waals surface area contributed by atoms with Gasteiger partial charge in [0.2, 0.25) is 0 Å². The number of nitrogens with one attached hydrogen (secondary N) is 2. The van der Waals surface area contributed by atoms with E-state index in [4.69, 9.17) is 9.84 Å². The summed E-state index contributed by atoms with van der Waals surface area (Å²) in [5.41, 5.74) is 0.244. The number of carbonyl (C=O) groups is 1. The first kappa shape index (κ1) is 18.2. The van der Waals surface area contributed by atoms with Gasteiger partial charge in [-0.3, -0.25) is 0 Å². The molecule has 0 saturated carbocycles. The fourth-order valence-corrected chi connectivity index (χ4v) is 2.37. The molecule has 0 atom stereocenters. The van der Waals surface area contributed by atoms with Crippen molar-refractivity contribution >= 4 is 11.7 Å². The molecule has 5 nitrogen and oxygen atoms in total. The number of amides is 2. The van der Waals surface area contributed by atoms with Gasteiger partial charge in [0.25, 0.3) is 0 Å². The fraction of sp³-hybridized carbons (Fsp3) is 0.562. The summed E-state index contributed by atoms with van der Waals surface area (Å²) < 4.78 is 18.4. The second kappa shape index (κ2) is 8.58. The van der Waals surface area contributed by atoms with Crippen molar-refractivity contribution in [2.24, 2.45) is 5.41 Å². The van der Waals surface area contributed by atoms with Gasteiger partial charge in [-0.05, 0) is 36.8 Å². The molecule has 0 aromatic heterocycles. The molecule has 0 aliphatic rings. The third-order valence-corrected chi connectivity index (χ3v) is 4.18. The molecule has 2 amide bonds. The van der Waals surface area contributed by atoms with Crippen molar-refractivity contribution in [1.82, 2.24) is 5.32 Å². The minimum absolute atomic E-state index is 0.0919. The van der Waals surface area contributed by atoms with Gasteiger partial charge in [0, 0.05) is 24.9 Å². The molecule has 6 heteroatoms. The summed E-state index contributed by atoms with van der Waals surface area (Å²) in [4.78, 5) is 11.9. The molecule has 124 valence electrons. The third kappa shape index (κ3) is 4.87. The van der Waals surface area contributed by atoms with E-state index < -0.39 is 11.8 Å². The summed E-state index contributed by atoms with van der Waals surface area (Å²) in [6.07, 6.45) is 2.36. The standard InChI is InChI=1S/C16H25FN2O3/c1-4-16(5-2,8-9-20)11-18-15(21)19-12-6-7-14(22-3)13(17)10-12/h6-7,10,20H,4-5,8-9,11H2,1-3H3,(H2,18,19,21). The predicted octanol–water partition coefficient (Wildman–Crippen LogP) is 3.14. The summed E-state index contributed by atoms with van der Waals surface area (Å²) in [6.45, 7) is 4.63. The number of aliphatic hydroxyl groups is 1. The minimum atomic E-state index is -0.531. The van der Waals surface area contributed by atoms with Crippen molar-refractivity contribution in [3.05, 3.63) is 24.0 Å². The van der Waals surface area contributed by atoms with E-state index in [-0.39, 0.29) is 17.8 Å². The molecule has 1 rings (SSSR count). The van der Waals surface area contributed by atoms with E-state index in [0.29, 0.717) is 18.7 Å². The highest BCUT2D eigenvalue weighted by atomic mass is 19.1. The molecule has 22 heavy (non-hydrogen) atoms. The fourth-order valence-electron chi connectivity index (χ4n) is 2.37. The van der Waals surface area contributed by atoms with Crippen LogP contribution in [0, 0.1) is 11.2 Å². The summed E-state index contributed by atoms with van der Waals surface area (Å²) in [7, 11) is 1.38.